The summed E-state index contributed by atoms with van der Waals surface area (Å²) in [5.41, 5.74) is 2.35. The maximum atomic E-state index is 12.0. The fraction of sp³-hybridized carbons (Fsp3) is 0.263. The molecule has 0 aliphatic heterocycles. The van der Waals surface area contributed by atoms with Gasteiger partial charge in [-0.2, -0.15) is 0 Å². The van der Waals surface area contributed by atoms with Crippen molar-refractivity contribution in [3.8, 4) is 11.5 Å². The lowest BCUT2D eigenvalue weighted by Crippen LogP contribution is -2.20. The molecular formula is C19H22N2O4. The summed E-state index contributed by atoms with van der Waals surface area (Å²) >= 11 is 0. The number of rotatable bonds is 7. The van der Waals surface area contributed by atoms with Crippen LogP contribution in [0.25, 0.3) is 0 Å². The molecule has 0 radical (unpaired) electrons. The highest BCUT2D eigenvalue weighted by Crippen LogP contribution is 2.27. The van der Waals surface area contributed by atoms with E-state index in [2.05, 4.69) is 10.6 Å². The molecular weight excluding hydrogens is 320 g/mol. The van der Waals surface area contributed by atoms with Crippen LogP contribution in [0.15, 0.2) is 42.5 Å². The minimum absolute atomic E-state index is 0.0581. The summed E-state index contributed by atoms with van der Waals surface area (Å²) < 4.78 is 10.8. The number of carbonyl (C=O) groups is 2. The first-order valence-electron chi connectivity index (χ1n) is 7.99. The van der Waals surface area contributed by atoms with Gasteiger partial charge in [0.2, 0.25) is 5.91 Å². The molecule has 2 aromatic rings. The molecule has 2 rings (SSSR count). The average Bonchev–Trinajstić information content (AvgIpc) is 2.62. The van der Waals surface area contributed by atoms with E-state index in [1.807, 2.05) is 19.1 Å². The fourth-order valence-corrected chi connectivity index (χ4v) is 2.12. The Morgan fingerprint density at radius 1 is 0.920 bits per heavy atom. The van der Waals surface area contributed by atoms with E-state index in [1.54, 1.807) is 44.4 Å². The highest BCUT2D eigenvalue weighted by Gasteiger charge is 2.08. The summed E-state index contributed by atoms with van der Waals surface area (Å²) in [7, 11) is 1.56. The lowest BCUT2D eigenvalue weighted by molar-refractivity contribution is -0.118. The van der Waals surface area contributed by atoms with Crippen molar-refractivity contribution in [3.05, 3.63) is 48.0 Å². The Hall–Kier alpha value is -3.02. The Kier molecular flexibility index (Phi) is 6.39. The minimum Gasteiger partial charge on any atom is -0.493 e. The van der Waals surface area contributed by atoms with Crippen LogP contribution in [0.3, 0.4) is 0 Å². The summed E-state index contributed by atoms with van der Waals surface area (Å²) in [6.07, 6.45) is 0.415. The van der Waals surface area contributed by atoms with Gasteiger partial charge in [-0.15, -0.1) is 0 Å². The molecule has 0 atom stereocenters. The molecule has 0 saturated carbocycles. The molecule has 132 valence electrons. The molecule has 6 heteroatoms. The third kappa shape index (κ3) is 5.53. The van der Waals surface area contributed by atoms with Gasteiger partial charge in [-0.1, -0.05) is 13.0 Å². The van der Waals surface area contributed by atoms with E-state index in [0.29, 0.717) is 29.3 Å². The summed E-state index contributed by atoms with van der Waals surface area (Å²) in [6.45, 7) is 3.60. The van der Waals surface area contributed by atoms with E-state index < -0.39 is 0 Å². The predicted molar refractivity (Wildman–Crippen MR) is 97.2 cm³/mol. The van der Waals surface area contributed by atoms with Crippen LogP contribution in [0.5, 0.6) is 11.5 Å². The van der Waals surface area contributed by atoms with E-state index in [9.17, 15) is 9.59 Å². The van der Waals surface area contributed by atoms with Gasteiger partial charge in [-0.05, 0) is 48.9 Å². The van der Waals surface area contributed by atoms with Crippen molar-refractivity contribution in [3.63, 3.8) is 0 Å². The molecule has 25 heavy (non-hydrogen) atoms. The second-order valence-corrected chi connectivity index (χ2v) is 5.47. The van der Waals surface area contributed by atoms with Crippen molar-refractivity contribution in [2.45, 2.75) is 20.3 Å². The standard InChI is InChI=1S/C19H22N2O4/c1-4-18(22)20-14-6-8-15(9-7-14)21-19(23)12-25-16-10-5-13(2)11-17(16)24-3/h5-11H,4,12H2,1-3H3,(H,20,22)(H,21,23). The van der Waals surface area contributed by atoms with Crippen molar-refractivity contribution in [2.75, 3.05) is 24.4 Å². The van der Waals surface area contributed by atoms with Crippen LogP contribution >= 0.6 is 0 Å². The maximum absolute atomic E-state index is 12.0. The van der Waals surface area contributed by atoms with Crippen LogP contribution < -0.4 is 20.1 Å². The first-order valence-corrected chi connectivity index (χ1v) is 7.99. The second-order valence-electron chi connectivity index (χ2n) is 5.47. The molecule has 0 heterocycles. The molecule has 0 aliphatic carbocycles. The van der Waals surface area contributed by atoms with Crippen LogP contribution in [0.1, 0.15) is 18.9 Å². The fourth-order valence-electron chi connectivity index (χ4n) is 2.12. The molecule has 0 spiro atoms. The normalized spacial score (nSPS) is 10.0. The maximum Gasteiger partial charge on any atom is 0.262 e. The first kappa shape index (κ1) is 18.3. The number of amides is 2. The highest BCUT2D eigenvalue weighted by molar-refractivity contribution is 5.93. The van der Waals surface area contributed by atoms with E-state index in [0.717, 1.165) is 5.56 Å². The Labute approximate surface area is 147 Å². The van der Waals surface area contributed by atoms with Crippen molar-refractivity contribution in [2.24, 2.45) is 0 Å². The van der Waals surface area contributed by atoms with Gasteiger partial charge in [0.15, 0.2) is 18.1 Å². The van der Waals surface area contributed by atoms with Gasteiger partial charge in [0.1, 0.15) is 0 Å². The Morgan fingerprint density at radius 3 is 2.08 bits per heavy atom. The molecule has 2 N–H and O–H groups in total. The van der Waals surface area contributed by atoms with Gasteiger partial charge >= 0.3 is 0 Å². The Bertz CT molecular complexity index is 742. The lowest BCUT2D eigenvalue weighted by Gasteiger charge is -2.11. The molecule has 0 unspecified atom stereocenters. The van der Waals surface area contributed by atoms with Crippen LogP contribution in [-0.4, -0.2) is 25.5 Å². The van der Waals surface area contributed by atoms with Crippen molar-refractivity contribution in [1.82, 2.24) is 0 Å². The van der Waals surface area contributed by atoms with E-state index >= 15 is 0 Å². The summed E-state index contributed by atoms with van der Waals surface area (Å²) in [5, 5.41) is 5.48. The number of ether oxygens (including phenoxy) is 2. The number of hydrogen-bond donors (Lipinski definition) is 2. The minimum atomic E-state index is -0.284. The van der Waals surface area contributed by atoms with Crippen molar-refractivity contribution >= 4 is 23.2 Å². The van der Waals surface area contributed by atoms with Crippen molar-refractivity contribution in [1.29, 1.82) is 0 Å². The van der Waals surface area contributed by atoms with Gasteiger partial charge in [0.05, 0.1) is 7.11 Å². The quantitative estimate of drug-likeness (QED) is 0.809. The molecule has 0 aliphatic rings. The average molecular weight is 342 g/mol. The third-order valence-corrected chi connectivity index (χ3v) is 3.45. The first-order chi connectivity index (χ1) is 12.0. The summed E-state index contributed by atoms with van der Waals surface area (Å²) in [4.78, 5) is 23.3. The summed E-state index contributed by atoms with van der Waals surface area (Å²) in [6, 6.07) is 12.4. The largest absolute Gasteiger partial charge is 0.493 e. The molecule has 0 bridgehead atoms. The van der Waals surface area contributed by atoms with Gasteiger partial charge in [-0.3, -0.25) is 9.59 Å². The number of anilines is 2. The zero-order valence-electron chi connectivity index (χ0n) is 14.6. The number of carbonyl (C=O) groups excluding carboxylic acids is 2. The SMILES string of the molecule is CCC(=O)Nc1ccc(NC(=O)COc2ccc(C)cc2OC)cc1. The monoisotopic (exact) mass is 342 g/mol. The molecule has 2 aromatic carbocycles. The molecule has 6 nitrogen and oxygen atoms in total. The zero-order valence-corrected chi connectivity index (χ0v) is 14.6. The topological polar surface area (TPSA) is 76.7 Å². The van der Waals surface area contributed by atoms with Crippen LogP contribution in [0.4, 0.5) is 11.4 Å². The lowest BCUT2D eigenvalue weighted by atomic mass is 10.2. The predicted octanol–water partition coefficient (Wildman–Crippen LogP) is 3.37. The van der Waals surface area contributed by atoms with Gasteiger partial charge in [-0.25, -0.2) is 0 Å². The van der Waals surface area contributed by atoms with Crippen molar-refractivity contribution < 1.29 is 19.1 Å². The molecule has 0 fully saturated rings. The highest BCUT2D eigenvalue weighted by atomic mass is 16.5. The number of methoxy groups -OCH3 is 1. The Morgan fingerprint density at radius 2 is 1.52 bits per heavy atom. The number of nitrogens with one attached hydrogen (secondary N) is 2. The number of benzene rings is 2. The van der Waals surface area contributed by atoms with Gasteiger partial charge in [0, 0.05) is 17.8 Å². The van der Waals surface area contributed by atoms with Crippen LogP contribution in [0.2, 0.25) is 0 Å². The van der Waals surface area contributed by atoms with Gasteiger partial charge in [0.25, 0.3) is 5.91 Å². The third-order valence-electron chi connectivity index (χ3n) is 3.45. The molecule has 0 aromatic heterocycles. The summed E-state index contributed by atoms with van der Waals surface area (Å²) in [5.74, 6) is 0.759. The van der Waals surface area contributed by atoms with Gasteiger partial charge < -0.3 is 20.1 Å². The van der Waals surface area contributed by atoms with E-state index in [4.69, 9.17) is 9.47 Å². The zero-order chi connectivity index (χ0) is 18.2. The Balaban J connectivity index is 1.89. The molecule has 0 saturated heterocycles. The second kappa shape index (κ2) is 8.73. The van der Waals surface area contributed by atoms with Crippen LogP contribution in [0, 0.1) is 6.92 Å². The van der Waals surface area contributed by atoms with E-state index in [-0.39, 0.29) is 18.4 Å². The molecule has 2 amide bonds. The number of hydrogen-bond acceptors (Lipinski definition) is 4. The smallest absolute Gasteiger partial charge is 0.262 e. The number of aryl methyl sites for hydroxylation is 1. The van der Waals surface area contributed by atoms with E-state index in [1.165, 1.54) is 0 Å². The van der Waals surface area contributed by atoms with Crippen LogP contribution in [-0.2, 0) is 9.59 Å².